The van der Waals surface area contributed by atoms with Gasteiger partial charge in [0.25, 0.3) is 0 Å². The molecule has 1 atom stereocenters. The van der Waals surface area contributed by atoms with Gasteiger partial charge in [-0.1, -0.05) is 35.5 Å². The molecule has 0 aliphatic carbocycles. The van der Waals surface area contributed by atoms with E-state index in [1.54, 1.807) is 24.3 Å². The molecule has 1 heterocycles. The lowest BCUT2D eigenvalue weighted by molar-refractivity contribution is -0.150. The number of hydrazone groups is 1. The van der Waals surface area contributed by atoms with Gasteiger partial charge in [-0.15, -0.1) is 0 Å². The van der Waals surface area contributed by atoms with Crippen molar-refractivity contribution in [2.45, 2.75) is 11.3 Å². The molecule has 1 aromatic rings. The minimum absolute atomic E-state index is 0.193. The molecule has 0 aromatic heterocycles. The van der Waals surface area contributed by atoms with Gasteiger partial charge in [-0.25, -0.2) is 4.79 Å². The number of esters is 2. The van der Waals surface area contributed by atoms with E-state index < -0.39 is 16.8 Å². The fraction of sp³-hybridized carbons (Fsp3) is 0.308. The number of carbonyl (C=O) groups is 2. The van der Waals surface area contributed by atoms with E-state index in [0.717, 1.165) is 17.3 Å². The van der Waals surface area contributed by atoms with Crippen LogP contribution in [0, 0.1) is 0 Å². The second-order valence-electron chi connectivity index (χ2n) is 4.21. The van der Waals surface area contributed by atoms with E-state index in [2.05, 4.69) is 15.3 Å². The first-order chi connectivity index (χ1) is 10.0. The molecule has 0 spiro atoms. The smallest absolute Gasteiger partial charge is 0.344 e. The van der Waals surface area contributed by atoms with Crippen LogP contribution in [0.25, 0.3) is 0 Å². The van der Waals surface area contributed by atoms with Crippen molar-refractivity contribution in [3.63, 3.8) is 0 Å². The maximum absolute atomic E-state index is 12.0. The SMILES string of the molecule is COC(=O)CC1(C(=O)OC)NN=C(c2ccc(Cl)cc2)S1. The van der Waals surface area contributed by atoms with Crippen LogP contribution in [0.4, 0.5) is 0 Å². The van der Waals surface area contributed by atoms with Crippen molar-refractivity contribution in [3.05, 3.63) is 34.9 Å². The average molecular weight is 329 g/mol. The third-order valence-electron chi connectivity index (χ3n) is 2.84. The minimum Gasteiger partial charge on any atom is -0.469 e. The number of rotatable bonds is 4. The molecule has 0 saturated heterocycles. The summed E-state index contributed by atoms with van der Waals surface area (Å²) in [6.07, 6.45) is -0.193. The van der Waals surface area contributed by atoms with Gasteiger partial charge in [0, 0.05) is 10.6 Å². The highest BCUT2D eigenvalue weighted by atomic mass is 35.5. The number of nitrogens with zero attached hydrogens (tertiary/aromatic N) is 1. The summed E-state index contributed by atoms with van der Waals surface area (Å²) in [7, 11) is 2.51. The molecule has 2 rings (SSSR count). The third kappa shape index (κ3) is 3.30. The predicted octanol–water partition coefficient (Wildman–Crippen LogP) is 1.77. The number of hydrogen-bond donors (Lipinski definition) is 1. The first-order valence-electron chi connectivity index (χ1n) is 5.96. The number of nitrogens with one attached hydrogen (secondary N) is 1. The van der Waals surface area contributed by atoms with Crippen molar-refractivity contribution < 1.29 is 19.1 Å². The van der Waals surface area contributed by atoms with Gasteiger partial charge >= 0.3 is 11.9 Å². The van der Waals surface area contributed by atoms with Crippen LogP contribution in [0.1, 0.15) is 12.0 Å². The molecular formula is C13H13ClN2O4S. The van der Waals surface area contributed by atoms with Crippen LogP contribution >= 0.6 is 23.4 Å². The van der Waals surface area contributed by atoms with Gasteiger partial charge < -0.3 is 9.47 Å². The normalized spacial score (nSPS) is 20.4. The van der Waals surface area contributed by atoms with E-state index in [4.69, 9.17) is 16.3 Å². The van der Waals surface area contributed by atoms with Crippen molar-refractivity contribution in [3.8, 4) is 0 Å². The summed E-state index contributed by atoms with van der Waals surface area (Å²) in [5, 5.41) is 5.29. The lowest BCUT2D eigenvalue weighted by Crippen LogP contribution is -2.47. The molecule has 1 unspecified atom stereocenters. The van der Waals surface area contributed by atoms with Crippen molar-refractivity contribution in [1.29, 1.82) is 0 Å². The number of methoxy groups -OCH3 is 2. The number of halogens is 1. The molecule has 0 radical (unpaired) electrons. The maximum Gasteiger partial charge on any atom is 0.344 e. The van der Waals surface area contributed by atoms with Crippen molar-refractivity contribution in [2.75, 3.05) is 14.2 Å². The molecule has 0 bridgehead atoms. The van der Waals surface area contributed by atoms with Crippen LogP contribution < -0.4 is 5.43 Å². The molecule has 21 heavy (non-hydrogen) atoms. The lowest BCUT2D eigenvalue weighted by atomic mass is 10.2. The van der Waals surface area contributed by atoms with Gasteiger partial charge in [0.1, 0.15) is 5.04 Å². The molecular weight excluding hydrogens is 316 g/mol. The van der Waals surface area contributed by atoms with Crippen molar-refractivity contribution in [2.24, 2.45) is 5.10 Å². The molecule has 1 N–H and O–H groups in total. The fourth-order valence-corrected chi connectivity index (χ4v) is 2.99. The number of benzene rings is 1. The Bertz CT molecular complexity index is 590. The van der Waals surface area contributed by atoms with E-state index in [-0.39, 0.29) is 6.42 Å². The Morgan fingerprint density at radius 3 is 2.52 bits per heavy atom. The summed E-state index contributed by atoms with van der Waals surface area (Å²) < 4.78 is 9.38. The topological polar surface area (TPSA) is 77.0 Å². The van der Waals surface area contributed by atoms with E-state index in [1.807, 2.05) is 0 Å². The molecule has 0 fully saturated rings. The largest absolute Gasteiger partial charge is 0.469 e. The average Bonchev–Trinajstić information content (AvgIpc) is 2.92. The van der Waals surface area contributed by atoms with E-state index in [0.29, 0.717) is 10.1 Å². The number of carbonyl (C=O) groups excluding carboxylic acids is 2. The van der Waals surface area contributed by atoms with Crippen molar-refractivity contribution in [1.82, 2.24) is 5.43 Å². The second kappa shape index (κ2) is 6.36. The zero-order chi connectivity index (χ0) is 15.5. The van der Waals surface area contributed by atoms with Gasteiger partial charge in [0.15, 0.2) is 0 Å². The van der Waals surface area contributed by atoms with Gasteiger partial charge in [0.05, 0.1) is 20.6 Å². The summed E-state index contributed by atoms with van der Waals surface area (Å²) in [6, 6.07) is 7.00. The summed E-state index contributed by atoms with van der Waals surface area (Å²) in [5.41, 5.74) is 3.48. The second-order valence-corrected chi connectivity index (χ2v) is 5.93. The van der Waals surface area contributed by atoms with Gasteiger partial charge in [-0.3, -0.25) is 10.2 Å². The molecule has 1 aliphatic rings. The van der Waals surface area contributed by atoms with E-state index in [9.17, 15) is 9.59 Å². The molecule has 1 aliphatic heterocycles. The van der Waals surface area contributed by atoms with Crippen LogP contribution in [-0.2, 0) is 19.1 Å². The Morgan fingerprint density at radius 1 is 1.29 bits per heavy atom. The summed E-state index contributed by atoms with van der Waals surface area (Å²) >= 11 is 6.95. The lowest BCUT2D eigenvalue weighted by Gasteiger charge is -2.23. The fourth-order valence-electron chi connectivity index (χ4n) is 1.74. The highest BCUT2D eigenvalue weighted by Crippen LogP contribution is 2.36. The highest BCUT2D eigenvalue weighted by molar-refractivity contribution is 8.16. The molecule has 0 saturated carbocycles. The Balaban J connectivity index is 2.22. The van der Waals surface area contributed by atoms with Crippen LogP contribution in [0.5, 0.6) is 0 Å². The Kier molecular flexibility index (Phi) is 4.74. The first-order valence-corrected chi connectivity index (χ1v) is 7.15. The van der Waals surface area contributed by atoms with Crippen LogP contribution in [0.2, 0.25) is 5.02 Å². The van der Waals surface area contributed by atoms with Gasteiger partial charge in [0.2, 0.25) is 4.87 Å². The third-order valence-corrected chi connectivity index (χ3v) is 4.36. The maximum atomic E-state index is 12.0. The predicted molar refractivity (Wildman–Crippen MR) is 80.1 cm³/mol. The Hall–Kier alpha value is -1.73. The first kappa shape index (κ1) is 15.7. The van der Waals surface area contributed by atoms with E-state index in [1.165, 1.54) is 14.2 Å². The zero-order valence-electron chi connectivity index (χ0n) is 11.4. The Morgan fingerprint density at radius 2 is 1.95 bits per heavy atom. The summed E-state index contributed by atoms with van der Waals surface area (Å²) in [4.78, 5) is 22.2. The molecule has 0 amide bonds. The number of ether oxygens (including phenoxy) is 2. The zero-order valence-corrected chi connectivity index (χ0v) is 13.0. The highest BCUT2D eigenvalue weighted by Gasteiger charge is 2.48. The summed E-state index contributed by atoms with van der Waals surface area (Å²) in [5.74, 6) is -1.13. The number of thioether (sulfide) groups is 1. The Labute approximate surface area is 130 Å². The molecule has 112 valence electrons. The van der Waals surface area contributed by atoms with Crippen molar-refractivity contribution >= 4 is 40.3 Å². The summed E-state index contributed by atoms with van der Waals surface area (Å²) in [6.45, 7) is 0. The monoisotopic (exact) mass is 328 g/mol. The molecule has 6 nitrogen and oxygen atoms in total. The minimum atomic E-state index is -1.31. The standard InChI is InChI=1S/C13H13ClN2O4S/c1-19-10(17)7-13(12(18)20-2)16-15-11(21-13)8-3-5-9(14)6-4-8/h3-6,16H,7H2,1-2H3. The molecule has 8 heteroatoms. The quantitative estimate of drug-likeness (QED) is 0.849. The van der Waals surface area contributed by atoms with Crippen LogP contribution in [0.3, 0.4) is 0 Å². The van der Waals surface area contributed by atoms with Crippen LogP contribution in [-0.4, -0.2) is 36.1 Å². The number of hydrogen-bond acceptors (Lipinski definition) is 7. The van der Waals surface area contributed by atoms with Gasteiger partial charge in [-0.05, 0) is 12.1 Å². The van der Waals surface area contributed by atoms with E-state index >= 15 is 0 Å². The van der Waals surface area contributed by atoms with Crippen LogP contribution in [0.15, 0.2) is 29.4 Å². The van der Waals surface area contributed by atoms with Gasteiger partial charge in [-0.2, -0.15) is 5.10 Å². The molecule has 1 aromatic carbocycles.